The Balaban J connectivity index is 1.64. The molecule has 9 nitrogen and oxygen atoms in total. The lowest BCUT2D eigenvalue weighted by atomic mass is 10.0. The number of anilines is 2. The number of nitrogens with zero attached hydrogens (tertiary/aromatic N) is 1. The number of hydrogen-bond acceptors (Lipinski definition) is 5. The van der Waals surface area contributed by atoms with Gasteiger partial charge in [-0.05, 0) is 30.2 Å². The Morgan fingerprint density at radius 2 is 1.65 bits per heavy atom. The molecule has 0 bridgehead atoms. The van der Waals surface area contributed by atoms with Crippen LogP contribution < -0.4 is 16.0 Å². The number of nitrogens with one attached hydrogen (secondary N) is 3. The number of amides is 3. The van der Waals surface area contributed by atoms with E-state index in [1.165, 1.54) is 18.2 Å². The van der Waals surface area contributed by atoms with E-state index in [2.05, 4.69) is 21.1 Å². The predicted molar refractivity (Wildman–Crippen MR) is 115 cm³/mol. The highest BCUT2D eigenvalue weighted by atomic mass is 19.2. The number of carboxylic acids is 1. The summed E-state index contributed by atoms with van der Waals surface area (Å²) in [6.07, 6.45) is 0. The summed E-state index contributed by atoms with van der Waals surface area (Å²) in [5.41, 5.74) is 0.538. The van der Waals surface area contributed by atoms with Gasteiger partial charge in [0.25, 0.3) is 5.91 Å². The zero-order valence-electron chi connectivity index (χ0n) is 17.9. The number of carbonyl (C=O) groups excluding carboxylic acids is 2. The van der Waals surface area contributed by atoms with Gasteiger partial charge in [-0.15, -0.1) is 0 Å². The van der Waals surface area contributed by atoms with E-state index in [9.17, 15) is 32.7 Å². The number of urea groups is 1. The van der Waals surface area contributed by atoms with Crippen molar-refractivity contribution in [2.24, 2.45) is 5.92 Å². The largest absolute Gasteiger partial charge is 0.480 e. The molecule has 0 fully saturated rings. The second-order valence-electron chi connectivity index (χ2n) is 7.49. The Labute approximate surface area is 190 Å². The Hall–Kier alpha value is -4.35. The van der Waals surface area contributed by atoms with Crippen LogP contribution in [-0.4, -0.2) is 34.2 Å². The maximum Gasteiger partial charge on any atom is 0.326 e. The van der Waals surface area contributed by atoms with Crippen molar-refractivity contribution in [3.05, 3.63) is 65.7 Å². The normalized spacial score (nSPS) is 11.7. The average Bonchev–Trinajstić information content (AvgIpc) is 3.28. The minimum Gasteiger partial charge on any atom is -0.480 e. The van der Waals surface area contributed by atoms with Crippen molar-refractivity contribution in [3.63, 3.8) is 0 Å². The molecule has 1 atom stereocenters. The molecule has 0 spiro atoms. The fraction of sp³-hybridized carbons (Fsp3) is 0.182. The summed E-state index contributed by atoms with van der Waals surface area (Å²) >= 11 is 0. The molecule has 3 aromatic rings. The maximum absolute atomic E-state index is 13.7. The van der Waals surface area contributed by atoms with Gasteiger partial charge in [0.2, 0.25) is 5.76 Å². The van der Waals surface area contributed by atoms with E-state index in [4.69, 9.17) is 4.52 Å². The Morgan fingerprint density at radius 3 is 2.26 bits per heavy atom. The Morgan fingerprint density at radius 1 is 0.971 bits per heavy atom. The fourth-order valence-corrected chi connectivity index (χ4v) is 2.88. The Bertz CT molecular complexity index is 1230. The summed E-state index contributed by atoms with van der Waals surface area (Å²) in [4.78, 5) is 35.5. The van der Waals surface area contributed by atoms with Gasteiger partial charge in [0, 0.05) is 17.3 Å². The van der Waals surface area contributed by atoms with Crippen LogP contribution in [-0.2, 0) is 4.79 Å². The topological polar surface area (TPSA) is 134 Å². The van der Waals surface area contributed by atoms with E-state index < -0.39 is 47.1 Å². The molecule has 34 heavy (non-hydrogen) atoms. The van der Waals surface area contributed by atoms with Crippen LogP contribution in [0.15, 0.2) is 47.0 Å². The van der Waals surface area contributed by atoms with E-state index >= 15 is 0 Å². The third-order valence-electron chi connectivity index (χ3n) is 4.68. The highest BCUT2D eigenvalue weighted by Gasteiger charge is 2.26. The number of aliphatic carboxylic acids is 1. The van der Waals surface area contributed by atoms with Crippen molar-refractivity contribution in [2.45, 2.75) is 19.9 Å². The van der Waals surface area contributed by atoms with E-state index in [0.717, 1.165) is 6.07 Å². The van der Waals surface area contributed by atoms with Crippen LogP contribution in [0, 0.1) is 23.4 Å². The minimum atomic E-state index is -1.70. The first-order valence-corrected chi connectivity index (χ1v) is 9.89. The van der Waals surface area contributed by atoms with Crippen molar-refractivity contribution in [3.8, 4) is 11.3 Å². The van der Waals surface area contributed by atoms with Crippen molar-refractivity contribution in [1.82, 2.24) is 10.5 Å². The van der Waals surface area contributed by atoms with Crippen LogP contribution in [0.25, 0.3) is 11.3 Å². The average molecular weight is 476 g/mol. The van der Waals surface area contributed by atoms with Crippen LogP contribution in [0.4, 0.5) is 29.3 Å². The number of rotatable bonds is 7. The van der Waals surface area contributed by atoms with E-state index in [1.54, 1.807) is 26.0 Å². The lowest BCUT2D eigenvalue weighted by molar-refractivity contribution is -0.140. The smallest absolute Gasteiger partial charge is 0.326 e. The van der Waals surface area contributed by atoms with Gasteiger partial charge in [-0.25, -0.2) is 22.8 Å². The standard InChI is InChI=1S/C22H19F3N4O5/c1-10(2)19(21(31)32)28-20(30)16-9-15(29-34-16)11-3-5-12(6-4-11)26-22(33)27-14-8-7-13(23)17(24)18(14)25/h3-10,19H,1-2H3,(H,28,30)(H,31,32)(H2,26,27,33)/t19-/m0/s1. The van der Waals surface area contributed by atoms with E-state index in [1.807, 2.05) is 0 Å². The number of aromatic nitrogens is 1. The summed E-state index contributed by atoms with van der Waals surface area (Å²) in [6, 6.07) is 6.94. The summed E-state index contributed by atoms with van der Waals surface area (Å²) in [5, 5.41) is 19.8. The van der Waals surface area contributed by atoms with Gasteiger partial charge < -0.3 is 25.6 Å². The molecule has 178 valence electrons. The summed E-state index contributed by atoms with van der Waals surface area (Å²) < 4.78 is 44.9. The molecule has 0 radical (unpaired) electrons. The second kappa shape index (κ2) is 10.1. The van der Waals surface area contributed by atoms with Crippen molar-refractivity contribution >= 4 is 29.3 Å². The van der Waals surface area contributed by atoms with Crippen LogP contribution >= 0.6 is 0 Å². The third-order valence-corrected chi connectivity index (χ3v) is 4.68. The van der Waals surface area contributed by atoms with Crippen LogP contribution in [0.2, 0.25) is 0 Å². The lowest BCUT2D eigenvalue weighted by Crippen LogP contribution is -2.44. The molecular weight excluding hydrogens is 457 g/mol. The predicted octanol–water partition coefficient (Wildman–Crippen LogP) is 4.24. The van der Waals surface area contributed by atoms with Gasteiger partial charge >= 0.3 is 12.0 Å². The van der Waals surface area contributed by atoms with Crippen LogP contribution in [0.1, 0.15) is 24.4 Å². The van der Waals surface area contributed by atoms with E-state index in [-0.39, 0.29) is 23.1 Å². The molecule has 0 saturated heterocycles. The molecule has 12 heteroatoms. The molecule has 3 rings (SSSR count). The summed E-state index contributed by atoms with van der Waals surface area (Å²) in [7, 11) is 0. The second-order valence-corrected chi connectivity index (χ2v) is 7.49. The zero-order chi connectivity index (χ0) is 25.0. The van der Waals surface area contributed by atoms with E-state index in [0.29, 0.717) is 11.6 Å². The van der Waals surface area contributed by atoms with Gasteiger partial charge in [0.05, 0.1) is 5.69 Å². The molecule has 0 aliphatic heterocycles. The summed E-state index contributed by atoms with van der Waals surface area (Å²) in [5.74, 6) is -7.06. The first-order valence-electron chi connectivity index (χ1n) is 9.89. The first kappa shape index (κ1) is 24.3. The highest BCUT2D eigenvalue weighted by molar-refractivity contribution is 6.00. The highest BCUT2D eigenvalue weighted by Crippen LogP contribution is 2.23. The molecule has 0 saturated carbocycles. The summed E-state index contributed by atoms with van der Waals surface area (Å²) in [6.45, 7) is 3.30. The molecule has 0 unspecified atom stereocenters. The van der Waals surface area contributed by atoms with Gasteiger partial charge in [0.15, 0.2) is 17.5 Å². The van der Waals surface area contributed by atoms with Crippen LogP contribution in [0.3, 0.4) is 0 Å². The van der Waals surface area contributed by atoms with Gasteiger partial charge in [-0.2, -0.15) is 0 Å². The molecule has 3 amide bonds. The number of halogens is 3. The lowest BCUT2D eigenvalue weighted by Gasteiger charge is -2.16. The minimum absolute atomic E-state index is 0.183. The molecule has 0 aliphatic carbocycles. The number of carbonyl (C=O) groups is 3. The van der Waals surface area contributed by atoms with Crippen molar-refractivity contribution < 1.29 is 37.2 Å². The van der Waals surface area contributed by atoms with Crippen LogP contribution in [0.5, 0.6) is 0 Å². The first-order chi connectivity index (χ1) is 16.1. The number of carboxylic acid groups (broad SMARTS) is 1. The van der Waals surface area contributed by atoms with Crippen molar-refractivity contribution in [1.29, 1.82) is 0 Å². The number of hydrogen-bond donors (Lipinski definition) is 4. The third kappa shape index (κ3) is 5.52. The zero-order valence-corrected chi connectivity index (χ0v) is 17.9. The van der Waals surface area contributed by atoms with Gasteiger partial charge in [0.1, 0.15) is 11.7 Å². The fourth-order valence-electron chi connectivity index (χ4n) is 2.88. The molecule has 1 aromatic heterocycles. The molecule has 1 heterocycles. The Kier molecular flexibility index (Phi) is 7.19. The molecule has 4 N–H and O–H groups in total. The molecule has 0 aliphatic rings. The SMILES string of the molecule is CC(C)[C@H](NC(=O)c1cc(-c2ccc(NC(=O)Nc3ccc(F)c(F)c3F)cc2)no1)C(=O)O. The number of benzene rings is 2. The molecular formula is C22H19F3N4O5. The maximum atomic E-state index is 13.7. The van der Waals surface area contributed by atoms with Crippen molar-refractivity contribution in [2.75, 3.05) is 10.6 Å². The van der Waals surface area contributed by atoms with Gasteiger partial charge in [-0.1, -0.05) is 31.1 Å². The molecule has 2 aromatic carbocycles. The quantitative estimate of drug-likeness (QED) is 0.377. The van der Waals surface area contributed by atoms with Gasteiger partial charge in [-0.3, -0.25) is 4.79 Å². The monoisotopic (exact) mass is 476 g/mol.